The van der Waals surface area contributed by atoms with Crippen molar-refractivity contribution in [3.63, 3.8) is 0 Å². The molecule has 2 unspecified atom stereocenters. The van der Waals surface area contributed by atoms with Crippen molar-refractivity contribution in [3.05, 3.63) is 35.1 Å². The van der Waals surface area contributed by atoms with E-state index in [0.29, 0.717) is 18.6 Å². The first-order valence-electron chi connectivity index (χ1n) is 6.19. The van der Waals surface area contributed by atoms with E-state index >= 15 is 0 Å². The number of halogens is 1. The molecule has 1 saturated heterocycles. The van der Waals surface area contributed by atoms with Crippen LogP contribution in [-0.2, 0) is 16.1 Å². The van der Waals surface area contributed by atoms with Crippen LogP contribution in [0.5, 0.6) is 0 Å². The fraction of sp³-hybridized carbons (Fsp3) is 0.429. The zero-order valence-electron chi connectivity index (χ0n) is 10.6. The van der Waals surface area contributed by atoms with Crippen molar-refractivity contribution >= 4 is 5.91 Å². The molecule has 0 radical (unpaired) electrons. The summed E-state index contributed by atoms with van der Waals surface area (Å²) in [6.07, 6.45) is 0.605. The van der Waals surface area contributed by atoms with Gasteiger partial charge in [-0.3, -0.25) is 4.79 Å². The van der Waals surface area contributed by atoms with Gasteiger partial charge in [-0.2, -0.15) is 5.26 Å². The van der Waals surface area contributed by atoms with E-state index in [-0.39, 0.29) is 30.0 Å². The Morgan fingerprint density at radius 1 is 1.63 bits per heavy atom. The predicted octanol–water partition coefficient (Wildman–Crippen LogP) is 1.74. The molecule has 1 aromatic rings. The maximum Gasteiger partial charge on any atom is 0.226 e. The fourth-order valence-electron chi connectivity index (χ4n) is 2.15. The van der Waals surface area contributed by atoms with Crippen LogP contribution in [0.3, 0.4) is 0 Å². The summed E-state index contributed by atoms with van der Waals surface area (Å²) >= 11 is 0. The van der Waals surface area contributed by atoms with Crippen molar-refractivity contribution in [1.82, 2.24) is 5.32 Å². The zero-order chi connectivity index (χ0) is 13.8. The average molecular weight is 262 g/mol. The summed E-state index contributed by atoms with van der Waals surface area (Å²) in [7, 11) is 0. The zero-order valence-corrected chi connectivity index (χ0v) is 10.6. The Bertz CT molecular complexity index is 525. The second-order valence-electron chi connectivity index (χ2n) is 4.61. The monoisotopic (exact) mass is 262 g/mol. The molecular weight excluding hydrogens is 247 g/mol. The average Bonchev–Trinajstić information content (AvgIpc) is 2.83. The molecule has 1 heterocycles. The molecule has 0 aliphatic carbocycles. The number of nitriles is 1. The maximum absolute atomic E-state index is 13.6. The number of hydrogen-bond acceptors (Lipinski definition) is 3. The van der Waals surface area contributed by atoms with Gasteiger partial charge in [0.15, 0.2) is 0 Å². The van der Waals surface area contributed by atoms with Crippen molar-refractivity contribution in [2.75, 3.05) is 6.61 Å². The van der Waals surface area contributed by atoms with Crippen LogP contribution in [0.4, 0.5) is 4.39 Å². The summed E-state index contributed by atoms with van der Waals surface area (Å²) in [5.74, 6) is -0.759. The summed E-state index contributed by atoms with van der Waals surface area (Å²) in [6, 6.07) is 6.09. The summed E-state index contributed by atoms with van der Waals surface area (Å²) < 4.78 is 18.9. The highest BCUT2D eigenvalue weighted by Crippen LogP contribution is 2.20. The third-order valence-electron chi connectivity index (χ3n) is 3.35. The van der Waals surface area contributed by atoms with E-state index in [9.17, 15) is 9.18 Å². The van der Waals surface area contributed by atoms with Crippen LogP contribution in [0.1, 0.15) is 24.5 Å². The third kappa shape index (κ3) is 3.09. The van der Waals surface area contributed by atoms with Gasteiger partial charge in [0.05, 0.1) is 23.7 Å². The van der Waals surface area contributed by atoms with Gasteiger partial charge in [-0.25, -0.2) is 4.39 Å². The van der Waals surface area contributed by atoms with Crippen LogP contribution in [-0.4, -0.2) is 18.6 Å². The number of nitrogens with one attached hydrogen (secondary N) is 1. The van der Waals surface area contributed by atoms with E-state index in [1.165, 1.54) is 18.2 Å². The Hall–Kier alpha value is -1.93. The van der Waals surface area contributed by atoms with Crippen LogP contribution in [0.2, 0.25) is 0 Å². The number of carbonyl (C=O) groups is 1. The quantitative estimate of drug-likeness (QED) is 0.902. The van der Waals surface area contributed by atoms with Gasteiger partial charge in [0.2, 0.25) is 5.91 Å². The number of rotatable bonds is 3. The van der Waals surface area contributed by atoms with E-state index in [4.69, 9.17) is 10.00 Å². The molecule has 1 N–H and O–H groups in total. The Morgan fingerprint density at radius 2 is 2.42 bits per heavy atom. The molecule has 100 valence electrons. The van der Waals surface area contributed by atoms with Gasteiger partial charge in [-0.05, 0) is 25.5 Å². The number of benzene rings is 1. The van der Waals surface area contributed by atoms with Crippen LogP contribution < -0.4 is 5.32 Å². The first-order valence-corrected chi connectivity index (χ1v) is 6.19. The van der Waals surface area contributed by atoms with Gasteiger partial charge in [0.25, 0.3) is 0 Å². The molecule has 1 amide bonds. The molecule has 1 aliphatic rings. The molecule has 4 nitrogen and oxygen atoms in total. The molecule has 5 heteroatoms. The van der Waals surface area contributed by atoms with E-state index in [1.54, 1.807) is 0 Å². The van der Waals surface area contributed by atoms with Crippen molar-refractivity contribution in [2.45, 2.75) is 26.0 Å². The lowest BCUT2D eigenvalue weighted by molar-refractivity contribution is -0.126. The van der Waals surface area contributed by atoms with Gasteiger partial charge < -0.3 is 10.1 Å². The Balaban J connectivity index is 1.95. The van der Waals surface area contributed by atoms with Gasteiger partial charge in [-0.15, -0.1) is 0 Å². The SMILES string of the molecule is CC1OCCC1C(=O)NCc1ccc(C#N)cc1F. The number of amides is 1. The Labute approximate surface area is 111 Å². The summed E-state index contributed by atoms with van der Waals surface area (Å²) in [5.41, 5.74) is 0.643. The molecule has 1 fully saturated rings. The summed E-state index contributed by atoms with van der Waals surface area (Å²) in [6.45, 7) is 2.57. The molecule has 2 atom stereocenters. The predicted molar refractivity (Wildman–Crippen MR) is 66.5 cm³/mol. The molecule has 2 rings (SSSR count). The lowest BCUT2D eigenvalue weighted by Crippen LogP contribution is -2.33. The maximum atomic E-state index is 13.6. The van der Waals surface area contributed by atoms with Crippen LogP contribution in [0, 0.1) is 23.1 Å². The second-order valence-corrected chi connectivity index (χ2v) is 4.61. The molecule has 0 bridgehead atoms. The smallest absolute Gasteiger partial charge is 0.226 e. The largest absolute Gasteiger partial charge is 0.378 e. The first-order chi connectivity index (χ1) is 9.11. The van der Waals surface area contributed by atoms with Gasteiger partial charge in [0, 0.05) is 18.7 Å². The second kappa shape index (κ2) is 5.81. The number of hydrogen-bond donors (Lipinski definition) is 1. The highest BCUT2D eigenvalue weighted by atomic mass is 19.1. The minimum Gasteiger partial charge on any atom is -0.378 e. The molecule has 1 aromatic carbocycles. The van der Waals surface area contributed by atoms with E-state index < -0.39 is 5.82 Å². The molecule has 0 aromatic heterocycles. The van der Waals surface area contributed by atoms with Crippen molar-refractivity contribution < 1.29 is 13.9 Å². The van der Waals surface area contributed by atoms with Gasteiger partial charge >= 0.3 is 0 Å². The Kier molecular flexibility index (Phi) is 4.13. The highest BCUT2D eigenvalue weighted by molar-refractivity contribution is 5.79. The lowest BCUT2D eigenvalue weighted by atomic mass is 10.0. The highest BCUT2D eigenvalue weighted by Gasteiger charge is 2.30. The molecule has 0 saturated carbocycles. The minimum absolute atomic E-state index is 0.0918. The van der Waals surface area contributed by atoms with E-state index in [1.807, 2.05) is 13.0 Å². The summed E-state index contributed by atoms with van der Waals surface area (Å²) in [5, 5.41) is 11.4. The lowest BCUT2D eigenvalue weighted by Gasteiger charge is -2.14. The molecule has 19 heavy (non-hydrogen) atoms. The third-order valence-corrected chi connectivity index (χ3v) is 3.35. The normalized spacial score (nSPS) is 21.9. The fourth-order valence-corrected chi connectivity index (χ4v) is 2.15. The topological polar surface area (TPSA) is 62.1 Å². The Morgan fingerprint density at radius 3 is 3.00 bits per heavy atom. The van der Waals surface area contributed by atoms with Crippen LogP contribution >= 0.6 is 0 Å². The number of ether oxygens (including phenoxy) is 1. The minimum atomic E-state index is -0.477. The molecule has 1 aliphatic heterocycles. The first kappa shape index (κ1) is 13.5. The van der Waals surface area contributed by atoms with E-state index in [2.05, 4.69) is 5.32 Å². The standard InChI is InChI=1S/C14H15FN2O2/c1-9-12(4-5-19-9)14(18)17-8-11-3-2-10(7-16)6-13(11)15/h2-3,6,9,12H,4-5,8H2,1H3,(H,17,18). The van der Waals surface area contributed by atoms with Crippen molar-refractivity contribution in [3.8, 4) is 6.07 Å². The molecular formula is C14H15FN2O2. The van der Waals surface area contributed by atoms with E-state index in [0.717, 1.165) is 0 Å². The van der Waals surface area contributed by atoms with Crippen LogP contribution in [0.25, 0.3) is 0 Å². The van der Waals surface area contributed by atoms with Crippen molar-refractivity contribution in [2.24, 2.45) is 5.92 Å². The number of nitrogens with zero attached hydrogens (tertiary/aromatic N) is 1. The van der Waals surface area contributed by atoms with Gasteiger partial charge in [-0.1, -0.05) is 6.07 Å². The number of carbonyl (C=O) groups excluding carboxylic acids is 1. The summed E-state index contributed by atoms with van der Waals surface area (Å²) in [4.78, 5) is 11.9. The molecule has 0 spiro atoms. The van der Waals surface area contributed by atoms with Crippen molar-refractivity contribution in [1.29, 1.82) is 5.26 Å². The van der Waals surface area contributed by atoms with Gasteiger partial charge in [0.1, 0.15) is 5.82 Å². The van der Waals surface area contributed by atoms with Crippen LogP contribution in [0.15, 0.2) is 18.2 Å².